The third-order valence-electron chi connectivity index (χ3n) is 2.63. The van der Waals surface area contributed by atoms with E-state index in [4.69, 9.17) is 10.5 Å². The average Bonchev–Trinajstić information content (AvgIpc) is 2.39. The van der Waals surface area contributed by atoms with Crippen LogP contribution in [0.1, 0.15) is 11.7 Å². The van der Waals surface area contributed by atoms with Gasteiger partial charge in [-0.05, 0) is 24.3 Å². The van der Waals surface area contributed by atoms with Gasteiger partial charge in [-0.15, -0.1) is 0 Å². The van der Waals surface area contributed by atoms with Crippen molar-refractivity contribution in [1.29, 1.82) is 0 Å². The van der Waals surface area contributed by atoms with E-state index >= 15 is 0 Å². The van der Waals surface area contributed by atoms with Crippen molar-refractivity contribution in [3.05, 3.63) is 62.8 Å². The Bertz CT molecular complexity index is 577. The zero-order valence-corrected chi connectivity index (χ0v) is 13.1. The van der Waals surface area contributed by atoms with Gasteiger partial charge >= 0.3 is 0 Å². The summed E-state index contributed by atoms with van der Waals surface area (Å²) in [5, 5.41) is 0. The second-order valence-electron chi connectivity index (χ2n) is 3.94. The molecule has 0 aliphatic heterocycles. The molecule has 19 heavy (non-hydrogen) atoms. The van der Waals surface area contributed by atoms with Crippen LogP contribution in [0.15, 0.2) is 51.4 Å². The van der Waals surface area contributed by atoms with Gasteiger partial charge in [0.25, 0.3) is 0 Å². The standard InChI is InChI=1S/C14H12Br2FNO/c15-9-5-6-13(12(17)7-9)19-14(8-18)10-3-1-2-4-11(10)16/h1-7,14H,8,18H2. The van der Waals surface area contributed by atoms with Gasteiger partial charge in [0.1, 0.15) is 6.10 Å². The summed E-state index contributed by atoms with van der Waals surface area (Å²) in [5.41, 5.74) is 6.62. The van der Waals surface area contributed by atoms with E-state index in [0.717, 1.165) is 10.0 Å². The molecule has 1 atom stereocenters. The van der Waals surface area contributed by atoms with Gasteiger partial charge in [-0.3, -0.25) is 0 Å². The normalized spacial score (nSPS) is 12.2. The van der Waals surface area contributed by atoms with Gasteiger partial charge < -0.3 is 10.5 Å². The summed E-state index contributed by atoms with van der Waals surface area (Å²) in [6, 6.07) is 12.3. The monoisotopic (exact) mass is 387 g/mol. The molecule has 0 saturated carbocycles. The molecule has 2 nitrogen and oxygen atoms in total. The fraction of sp³-hybridized carbons (Fsp3) is 0.143. The molecule has 0 bridgehead atoms. The lowest BCUT2D eigenvalue weighted by molar-refractivity contribution is 0.204. The molecule has 0 amide bonds. The molecular formula is C14H12Br2FNO. The Morgan fingerprint density at radius 1 is 1.16 bits per heavy atom. The lowest BCUT2D eigenvalue weighted by Crippen LogP contribution is -2.19. The lowest BCUT2D eigenvalue weighted by atomic mass is 10.1. The van der Waals surface area contributed by atoms with E-state index in [2.05, 4.69) is 31.9 Å². The van der Waals surface area contributed by atoms with Gasteiger partial charge in [-0.25, -0.2) is 4.39 Å². The maximum atomic E-state index is 13.8. The van der Waals surface area contributed by atoms with E-state index in [1.54, 1.807) is 12.1 Å². The number of hydrogen-bond donors (Lipinski definition) is 1. The van der Waals surface area contributed by atoms with Crippen molar-refractivity contribution in [1.82, 2.24) is 0 Å². The molecule has 2 aromatic carbocycles. The van der Waals surface area contributed by atoms with Crippen LogP contribution < -0.4 is 10.5 Å². The lowest BCUT2D eigenvalue weighted by Gasteiger charge is -2.19. The molecule has 0 heterocycles. The average molecular weight is 389 g/mol. The van der Waals surface area contributed by atoms with Crippen LogP contribution in [0, 0.1) is 5.82 Å². The van der Waals surface area contributed by atoms with E-state index in [1.165, 1.54) is 6.07 Å². The number of benzene rings is 2. The van der Waals surface area contributed by atoms with E-state index in [9.17, 15) is 4.39 Å². The molecule has 0 radical (unpaired) electrons. The summed E-state index contributed by atoms with van der Waals surface area (Å²) in [4.78, 5) is 0. The third kappa shape index (κ3) is 3.55. The topological polar surface area (TPSA) is 35.2 Å². The largest absolute Gasteiger partial charge is 0.481 e. The highest BCUT2D eigenvalue weighted by Gasteiger charge is 2.16. The second kappa shape index (κ2) is 6.50. The molecular weight excluding hydrogens is 377 g/mol. The predicted molar refractivity (Wildman–Crippen MR) is 80.7 cm³/mol. The Balaban J connectivity index is 2.27. The Kier molecular flexibility index (Phi) is 4.96. The Hall–Kier alpha value is -0.910. The third-order valence-corrected chi connectivity index (χ3v) is 3.84. The maximum Gasteiger partial charge on any atom is 0.166 e. The van der Waals surface area contributed by atoms with Crippen LogP contribution in [0.5, 0.6) is 5.75 Å². The minimum Gasteiger partial charge on any atom is -0.481 e. The Morgan fingerprint density at radius 2 is 1.89 bits per heavy atom. The number of halogens is 3. The van der Waals surface area contributed by atoms with Crippen LogP contribution in [-0.4, -0.2) is 6.54 Å². The van der Waals surface area contributed by atoms with Gasteiger partial charge in [0.05, 0.1) is 0 Å². The van der Waals surface area contributed by atoms with Crippen molar-refractivity contribution in [2.24, 2.45) is 5.73 Å². The number of nitrogens with two attached hydrogens (primary N) is 1. The highest BCUT2D eigenvalue weighted by Crippen LogP contribution is 2.29. The first-order chi connectivity index (χ1) is 9.11. The summed E-state index contributed by atoms with van der Waals surface area (Å²) < 4.78 is 21.0. The maximum absolute atomic E-state index is 13.8. The summed E-state index contributed by atoms with van der Waals surface area (Å²) in [6.07, 6.45) is -0.397. The van der Waals surface area contributed by atoms with Crippen LogP contribution >= 0.6 is 31.9 Å². The van der Waals surface area contributed by atoms with Crippen LogP contribution in [0.2, 0.25) is 0 Å². The van der Waals surface area contributed by atoms with E-state index < -0.39 is 11.9 Å². The first-order valence-electron chi connectivity index (χ1n) is 5.68. The van der Waals surface area contributed by atoms with E-state index in [-0.39, 0.29) is 12.3 Å². The van der Waals surface area contributed by atoms with Crippen molar-refractivity contribution in [2.45, 2.75) is 6.10 Å². The minimum atomic E-state index is -0.417. The Labute approximate surface area is 128 Å². The molecule has 0 fully saturated rings. The molecule has 2 rings (SSSR count). The zero-order valence-electron chi connectivity index (χ0n) is 9.95. The number of rotatable bonds is 4. The molecule has 0 aromatic heterocycles. The van der Waals surface area contributed by atoms with Crippen molar-refractivity contribution in [3.8, 4) is 5.75 Å². The van der Waals surface area contributed by atoms with Crippen molar-refractivity contribution >= 4 is 31.9 Å². The quantitative estimate of drug-likeness (QED) is 0.840. The summed E-state index contributed by atoms with van der Waals surface area (Å²) in [6.45, 7) is 0.262. The van der Waals surface area contributed by atoms with E-state index in [0.29, 0.717) is 4.47 Å². The van der Waals surface area contributed by atoms with Gasteiger partial charge in [0.15, 0.2) is 11.6 Å². The summed E-state index contributed by atoms with van der Waals surface area (Å²) >= 11 is 6.65. The highest BCUT2D eigenvalue weighted by atomic mass is 79.9. The van der Waals surface area contributed by atoms with Crippen LogP contribution in [0.25, 0.3) is 0 Å². The molecule has 1 unspecified atom stereocenters. The fourth-order valence-electron chi connectivity index (χ4n) is 1.70. The van der Waals surface area contributed by atoms with Crippen LogP contribution in [0.4, 0.5) is 4.39 Å². The van der Waals surface area contributed by atoms with Gasteiger partial charge in [0.2, 0.25) is 0 Å². The smallest absolute Gasteiger partial charge is 0.166 e. The summed E-state index contributed by atoms with van der Waals surface area (Å²) in [7, 11) is 0. The van der Waals surface area contributed by atoms with Gasteiger partial charge in [-0.1, -0.05) is 50.1 Å². The SMILES string of the molecule is NCC(Oc1ccc(Br)cc1F)c1ccccc1Br. The second-order valence-corrected chi connectivity index (χ2v) is 5.71. The predicted octanol–water partition coefficient (Wildman–Crippen LogP) is 4.43. The van der Waals surface area contributed by atoms with Crippen molar-refractivity contribution in [2.75, 3.05) is 6.54 Å². The molecule has 2 aromatic rings. The van der Waals surface area contributed by atoms with Crippen LogP contribution in [0.3, 0.4) is 0 Å². The van der Waals surface area contributed by atoms with Crippen molar-refractivity contribution in [3.63, 3.8) is 0 Å². The zero-order chi connectivity index (χ0) is 13.8. The first-order valence-corrected chi connectivity index (χ1v) is 7.26. The van der Waals surface area contributed by atoms with Gasteiger partial charge in [0, 0.05) is 21.1 Å². The van der Waals surface area contributed by atoms with Crippen molar-refractivity contribution < 1.29 is 9.13 Å². The molecule has 0 spiro atoms. The minimum absolute atomic E-state index is 0.189. The molecule has 100 valence electrons. The molecule has 0 saturated heterocycles. The Morgan fingerprint density at radius 3 is 2.53 bits per heavy atom. The first kappa shape index (κ1) is 14.5. The summed E-state index contributed by atoms with van der Waals surface area (Å²) in [5.74, 6) is -0.228. The van der Waals surface area contributed by atoms with Gasteiger partial charge in [-0.2, -0.15) is 0 Å². The van der Waals surface area contributed by atoms with E-state index in [1.807, 2.05) is 24.3 Å². The number of ether oxygens (including phenoxy) is 1. The molecule has 5 heteroatoms. The molecule has 0 aliphatic rings. The van der Waals surface area contributed by atoms with Crippen LogP contribution in [-0.2, 0) is 0 Å². The molecule has 0 aliphatic carbocycles. The molecule has 2 N–H and O–H groups in total. The fourth-order valence-corrected chi connectivity index (χ4v) is 2.57. The highest BCUT2D eigenvalue weighted by molar-refractivity contribution is 9.10. The number of hydrogen-bond acceptors (Lipinski definition) is 2.